The molecule has 1 saturated carbocycles. The summed E-state index contributed by atoms with van der Waals surface area (Å²) >= 11 is 0. The van der Waals surface area contributed by atoms with Crippen LogP contribution in [-0.4, -0.2) is 44.4 Å². The Morgan fingerprint density at radius 3 is 2.94 bits per heavy atom. The Bertz CT molecular complexity index is 279. The molecule has 1 aliphatic heterocycles. The van der Waals surface area contributed by atoms with Crippen LogP contribution in [0.25, 0.3) is 0 Å². The van der Waals surface area contributed by atoms with Gasteiger partial charge in [-0.3, -0.25) is 4.79 Å². The molecule has 5 heteroatoms. The molecule has 5 nitrogen and oxygen atoms in total. The first-order valence-electron chi connectivity index (χ1n) is 6.89. The van der Waals surface area contributed by atoms with E-state index in [2.05, 4.69) is 12.2 Å². The van der Waals surface area contributed by atoms with Gasteiger partial charge in [-0.05, 0) is 25.2 Å². The maximum Gasteiger partial charge on any atom is 0.224 e. The molecule has 2 fully saturated rings. The zero-order valence-corrected chi connectivity index (χ0v) is 11.1. The van der Waals surface area contributed by atoms with Gasteiger partial charge in [-0.15, -0.1) is 0 Å². The largest absolute Gasteiger partial charge is 0.376 e. The molecule has 0 bridgehead atoms. The van der Waals surface area contributed by atoms with Crippen LogP contribution in [0.4, 0.5) is 0 Å². The van der Waals surface area contributed by atoms with Crippen LogP contribution in [-0.2, 0) is 14.3 Å². The number of hydrogen-bond donors (Lipinski definition) is 2. The van der Waals surface area contributed by atoms with Gasteiger partial charge in [0.05, 0.1) is 31.8 Å². The van der Waals surface area contributed by atoms with Crippen LogP contribution in [0.3, 0.4) is 0 Å². The minimum absolute atomic E-state index is 0.00437. The van der Waals surface area contributed by atoms with Gasteiger partial charge in [0, 0.05) is 12.6 Å². The first-order valence-corrected chi connectivity index (χ1v) is 6.89. The molecule has 1 heterocycles. The molecule has 1 aliphatic carbocycles. The molecule has 2 aliphatic rings. The maximum absolute atomic E-state index is 12.1. The van der Waals surface area contributed by atoms with Crippen molar-refractivity contribution in [3.63, 3.8) is 0 Å². The van der Waals surface area contributed by atoms with Crippen molar-refractivity contribution in [1.82, 2.24) is 5.32 Å². The van der Waals surface area contributed by atoms with E-state index in [0.29, 0.717) is 32.3 Å². The number of rotatable bonds is 3. The van der Waals surface area contributed by atoms with Crippen molar-refractivity contribution in [2.24, 2.45) is 17.6 Å². The maximum atomic E-state index is 12.1. The van der Waals surface area contributed by atoms with E-state index in [1.165, 1.54) is 0 Å². The number of hydrogen-bond acceptors (Lipinski definition) is 4. The van der Waals surface area contributed by atoms with Crippen molar-refractivity contribution >= 4 is 5.91 Å². The van der Waals surface area contributed by atoms with E-state index >= 15 is 0 Å². The molecule has 0 aromatic carbocycles. The van der Waals surface area contributed by atoms with Crippen molar-refractivity contribution < 1.29 is 14.3 Å². The number of carbonyl (C=O) groups is 1. The highest BCUT2D eigenvalue weighted by Gasteiger charge is 2.31. The third kappa shape index (κ3) is 3.67. The monoisotopic (exact) mass is 256 g/mol. The molecule has 4 atom stereocenters. The minimum atomic E-state index is -0.0433. The third-order valence-corrected chi connectivity index (χ3v) is 3.89. The van der Waals surface area contributed by atoms with Crippen LogP contribution < -0.4 is 11.1 Å². The van der Waals surface area contributed by atoms with Crippen molar-refractivity contribution in [2.45, 2.75) is 38.3 Å². The van der Waals surface area contributed by atoms with E-state index in [1.807, 2.05) is 0 Å². The second-order valence-corrected chi connectivity index (χ2v) is 5.50. The van der Waals surface area contributed by atoms with Gasteiger partial charge in [0.1, 0.15) is 0 Å². The normalized spacial score (nSPS) is 37.2. The lowest BCUT2D eigenvalue weighted by molar-refractivity contribution is -0.129. The van der Waals surface area contributed by atoms with Crippen LogP contribution >= 0.6 is 0 Å². The Morgan fingerprint density at radius 2 is 2.22 bits per heavy atom. The van der Waals surface area contributed by atoms with Crippen molar-refractivity contribution in [3.05, 3.63) is 0 Å². The van der Waals surface area contributed by atoms with E-state index in [0.717, 1.165) is 19.3 Å². The van der Waals surface area contributed by atoms with E-state index in [-0.39, 0.29) is 24.0 Å². The quantitative estimate of drug-likeness (QED) is 0.761. The molecular weight excluding hydrogens is 232 g/mol. The molecule has 0 aromatic rings. The molecule has 2 rings (SSSR count). The molecule has 0 aromatic heterocycles. The van der Waals surface area contributed by atoms with Gasteiger partial charge in [0.15, 0.2) is 0 Å². The van der Waals surface area contributed by atoms with E-state index in [1.54, 1.807) is 0 Å². The predicted molar refractivity (Wildman–Crippen MR) is 68.0 cm³/mol. The average molecular weight is 256 g/mol. The molecular formula is C13H24N2O3. The zero-order chi connectivity index (χ0) is 13.0. The lowest BCUT2D eigenvalue weighted by Gasteiger charge is -2.32. The molecule has 18 heavy (non-hydrogen) atoms. The predicted octanol–water partition coefficient (Wildman–Crippen LogP) is 0.282. The highest BCUT2D eigenvalue weighted by molar-refractivity contribution is 5.79. The summed E-state index contributed by atoms with van der Waals surface area (Å²) in [4.78, 5) is 12.1. The van der Waals surface area contributed by atoms with Gasteiger partial charge in [-0.1, -0.05) is 6.92 Å². The SMILES string of the molecule is CC1CCC(N)C(C(=O)NCC2COCCO2)C1. The standard InChI is InChI=1S/C13H24N2O3/c1-9-2-3-12(14)11(6-9)13(16)15-7-10-8-17-4-5-18-10/h9-12H,2-8,14H2,1H3,(H,15,16). The number of ether oxygens (including phenoxy) is 2. The first kappa shape index (κ1) is 13.8. The Labute approximate surface area is 108 Å². The van der Waals surface area contributed by atoms with Crippen LogP contribution in [0.2, 0.25) is 0 Å². The van der Waals surface area contributed by atoms with Crippen molar-refractivity contribution in [3.8, 4) is 0 Å². The first-order chi connectivity index (χ1) is 8.66. The molecule has 3 N–H and O–H groups in total. The molecule has 1 saturated heterocycles. The smallest absolute Gasteiger partial charge is 0.224 e. The molecule has 4 unspecified atom stereocenters. The molecule has 0 spiro atoms. The highest BCUT2D eigenvalue weighted by Crippen LogP contribution is 2.27. The summed E-state index contributed by atoms with van der Waals surface area (Å²) in [5, 5.41) is 2.95. The van der Waals surface area contributed by atoms with Gasteiger partial charge in [-0.25, -0.2) is 0 Å². The summed E-state index contributed by atoms with van der Waals surface area (Å²) in [5.74, 6) is 0.622. The summed E-state index contributed by atoms with van der Waals surface area (Å²) in [5.41, 5.74) is 6.03. The number of nitrogens with one attached hydrogen (secondary N) is 1. The Hall–Kier alpha value is -0.650. The third-order valence-electron chi connectivity index (χ3n) is 3.89. The second-order valence-electron chi connectivity index (χ2n) is 5.50. The van der Waals surface area contributed by atoms with Crippen LogP contribution in [0.15, 0.2) is 0 Å². The minimum Gasteiger partial charge on any atom is -0.376 e. The number of amides is 1. The number of nitrogens with two attached hydrogens (primary N) is 1. The zero-order valence-electron chi connectivity index (χ0n) is 11.1. The van der Waals surface area contributed by atoms with Gasteiger partial charge in [-0.2, -0.15) is 0 Å². The van der Waals surface area contributed by atoms with E-state index < -0.39 is 0 Å². The Kier molecular flexibility index (Phi) is 4.97. The second kappa shape index (κ2) is 6.50. The lowest BCUT2D eigenvalue weighted by Crippen LogP contribution is -2.48. The van der Waals surface area contributed by atoms with Crippen molar-refractivity contribution in [1.29, 1.82) is 0 Å². The lowest BCUT2D eigenvalue weighted by atomic mass is 9.79. The molecule has 0 radical (unpaired) electrons. The topological polar surface area (TPSA) is 73.6 Å². The summed E-state index contributed by atoms with van der Waals surface area (Å²) in [6.07, 6.45) is 2.96. The average Bonchev–Trinajstić information content (AvgIpc) is 2.40. The van der Waals surface area contributed by atoms with Crippen LogP contribution in [0.5, 0.6) is 0 Å². The fourth-order valence-corrected chi connectivity index (χ4v) is 2.71. The fraction of sp³-hybridized carbons (Fsp3) is 0.923. The van der Waals surface area contributed by atoms with Gasteiger partial charge >= 0.3 is 0 Å². The van der Waals surface area contributed by atoms with Gasteiger partial charge in [0.2, 0.25) is 5.91 Å². The summed E-state index contributed by atoms with van der Waals surface area (Å²) in [6, 6.07) is 0.00437. The van der Waals surface area contributed by atoms with Gasteiger partial charge in [0.25, 0.3) is 0 Å². The Balaban J connectivity index is 1.75. The summed E-state index contributed by atoms with van der Waals surface area (Å²) < 4.78 is 10.8. The summed E-state index contributed by atoms with van der Waals surface area (Å²) in [7, 11) is 0. The van der Waals surface area contributed by atoms with Crippen LogP contribution in [0.1, 0.15) is 26.2 Å². The molecule has 104 valence electrons. The van der Waals surface area contributed by atoms with E-state index in [4.69, 9.17) is 15.2 Å². The summed E-state index contributed by atoms with van der Waals surface area (Å²) in [6.45, 7) is 4.53. The molecule has 1 amide bonds. The highest BCUT2D eigenvalue weighted by atomic mass is 16.6. The Morgan fingerprint density at radius 1 is 1.39 bits per heavy atom. The van der Waals surface area contributed by atoms with Crippen LogP contribution in [0, 0.1) is 11.8 Å². The van der Waals surface area contributed by atoms with Crippen molar-refractivity contribution in [2.75, 3.05) is 26.4 Å². The number of carbonyl (C=O) groups excluding carboxylic acids is 1. The van der Waals surface area contributed by atoms with Gasteiger partial charge < -0.3 is 20.5 Å². The van der Waals surface area contributed by atoms with E-state index in [9.17, 15) is 4.79 Å². The fourth-order valence-electron chi connectivity index (χ4n) is 2.71.